The molecular weight excluding hydrogens is 216 g/mol. The predicted octanol–water partition coefficient (Wildman–Crippen LogP) is 2.63. The highest BCUT2D eigenvalue weighted by Gasteiger charge is 2.38. The molecule has 0 aliphatic heterocycles. The molecule has 0 aromatic carbocycles. The van der Waals surface area contributed by atoms with Crippen LogP contribution in [0.2, 0.25) is 0 Å². The van der Waals surface area contributed by atoms with E-state index >= 15 is 0 Å². The van der Waals surface area contributed by atoms with Crippen LogP contribution in [0.25, 0.3) is 0 Å². The monoisotopic (exact) mass is 238 g/mol. The average molecular weight is 238 g/mol. The van der Waals surface area contributed by atoms with Crippen LogP contribution in [-0.2, 0) is 6.54 Å². The Bertz CT molecular complexity index is 339. The molecule has 1 saturated carbocycles. The van der Waals surface area contributed by atoms with E-state index in [-0.39, 0.29) is 0 Å². The van der Waals surface area contributed by atoms with Gasteiger partial charge in [0.1, 0.15) is 0 Å². The van der Waals surface area contributed by atoms with Crippen LogP contribution in [-0.4, -0.2) is 31.1 Å². The first-order valence-electron chi connectivity index (χ1n) is 6.05. The number of rotatable bonds is 5. The Morgan fingerprint density at radius 3 is 2.62 bits per heavy atom. The van der Waals surface area contributed by atoms with Crippen LogP contribution >= 0.6 is 11.3 Å². The molecule has 16 heavy (non-hydrogen) atoms. The summed E-state index contributed by atoms with van der Waals surface area (Å²) in [6, 6.07) is 2.20. The lowest BCUT2D eigenvalue weighted by molar-refractivity contribution is 0.0599. The van der Waals surface area contributed by atoms with Gasteiger partial charge in [-0.25, -0.2) is 0 Å². The number of likely N-dealkylation sites (N-methyl/N-ethyl adjacent to an activating group) is 1. The van der Waals surface area contributed by atoms with E-state index in [2.05, 4.69) is 42.7 Å². The number of nitrogens with one attached hydrogen (secondary N) is 1. The van der Waals surface area contributed by atoms with E-state index in [1.807, 2.05) is 11.3 Å². The maximum Gasteiger partial charge on any atom is 0.0328 e. The quantitative estimate of drug-likeness (QED) is 0.848. The molecule has 1 aliphatic carbocycles. The molecule has 0 unspecified atom stereocenters. The van der Waals surface area contributed by atoms with Gasteiger partial charge in [0, 0.05) is 23.5 Å². The Balaban J connectivity index is 1.82. The predicted molar refractivity (Wildman–Crippen MR) is 71.0 cm³/mol. The van der Waals surface area contributed by atoms with Crippen molar-refractivity contribution in [2.45, 2.75) is 38.3 Å². The maximum atomic E-state index is 3.62. The lowest BCUT2D eigenvalue weighted by Crippen LogP contribution is -2.56. The third-order valence-electron chi connectivity index (χ3n) is 3.94. The molecule has 2 nitrogen and oxygen atoms in total. The molecule has 0 atom stereocenters. The second-order valence-corrected chi connectivity index (χ2v) is 6.10. The summed E-state index contributed by atoms with van der Waals surface area (Å²) in [7, 11) is 4.41. The van der Waals surface area contributed by atoms with Gasteiger partial charge in [-0.15, -0.1) is 11.3 Å². The third-order valence-corrected chi connectivity index (χ3v) is 4.96. The van der Waals surface area contributed by atoms with E-state index in [0.29, 0.717) is 5.54 Å². The van der Waals surface area contributed by atoms with Crippen molar-refractivity contribution < 1.29 is 0 Å². The summed E-state index contributed by atoms with van der Waals surface area (Å²) in [5.41, 5.74) is 1.86. The first kappa shape index (κ1) is 12.1. The van der Waals surface area contributed by atoms with Gasteiger partial charge in [0.15, 0.2) is 0 Å². The Morgan fingerprint density at radius 2 is 2.19 bits per heavy atom. The maximum absolute atomic E-state index is 3.62. The zero-order valence-corrected chi connectivity index (χ0v) is 11.4. The van der Waals surface area contributed by atoms with E-state index in [4.69, 9.17) is 0 Å². The first-order valence-corrected chi connectivity index (χ1v) is 6.93. The summed E-state index contributed by atoms with van der Waals surface area (Å²) in [6.45, 7) is 4.34. The normalized spacial score (nSPS) is 18.8. The Labute approximate surface area is 103 Å². The molecule has 1 aromatic heterocycles. The second kappa shape index (κ2) is 4.86. The molecule has 1 heterocycles. The minimum absolute atomic E-state index is 0.436. The van der Waals surface area contributed by atoms with Gasteiger partial charge in [-0.2, -0.15) is 0 Å². The number of nitrogens with zero attached hydrogens (tertiary/aromatic N) is 1. The number of thiophene rings is 1. The lowest BCUT2D eigenvalue weighted by Gasteiger charge is -2.47. The van der Waals surface area contributed by atoms with Crippen molar-refractivity contribution >= 4 is 11.3 Å². The fourth-order valence-corrected chi connectivity index (χ4v) is 3.24. The van der Waals surface area contributed by atoms with Gasteiger partial charge in [0.25, 0.3) is 0 Å². The molecule has 1 aromatic rings. The molecule has 0 saturated heterocycles. The van der Waals surface area contributed by atoms with Crippen molar-refractivity contribution in [3.05, 3.63) is 21.9 Å². The van der Waals surface area contributed by atoms with E-state index in [9.17, 15) is 0 Å². The molecule has 1 fully saturated rings. The first-order chi connectivity index (χ1) is 7.64. The Hall–Kier alpha value is -0.380. The van der Waals surface area contributed by atoms with Crippen LogP contribution in [0.1, 0.15) is 29.7 Å². The smallest absolute Gasteiger partial charge is 0.0328 e. The van der Waals surface area contributed by atoms with Crippen LogP contribution in [0.3, 0.4) is 0 Å². The van der Waals surface area contributed by atoms with E-state index in [0.717, 1.165) is 13.1 Å². The van der Waals surface area contributed by atoms with E-state index < -0.39 is 0 Å². The standard InChI is InChI=1S/C13H22N2S/c1-11-5-8-16-12(11)9-14-10-13(15(2)3)6-4-7-13/h5,8,14H,4,6-7,9-10H2,1-3H3. The average Bonchev–Trinajstić information content (AvgIpc) is 2.55. The minimum Gasteiger partial charge on any atom is -0.310 e. The van der Waals surface area contributed by atoms with Crippen molar-refractivity contribution in [3.8, 4) is 0 Å². The minimum atomic E-state index is 0.436. The lowest BCUT2D eigenvalue weighted by atomic mass is 9.75. The fourth-order valence-electron chi connectivity index (χ4n) is 2.36. The second-order valence-electron chi connectivity index (χ2n) is 5.10. The molecule has 0 spiro atoms. The van der Waals surface area contributed by atoms with Crippen LogP contribution in [0, 0.1) is 6.92 Å². The zero-order valence-electron chi connectivity index (χ0n) is 10.5. The van der Waals surface area contributed by atoms with E-state index in [1.165, 1.54) is 29.7 Å². The third kappa shape index (κ3) is 2.31. The molecule has 0 bridgehead atoms. The Kier molecular flexibility index (Phi) is 3.67. The molecular formula is C13H22N2S. The van der Waals surface area contributed by atoms with Gasteiger partial charge in [0.05, 0.1) is 0 Å². The van der Waals surface area contributed by atoms with Crippen LogP contribution in [0.5, 0.6) is 0 Å². The highest BCUT2D eigenvalue weighted by Crippen LogP contribution is 2.35. The van der Waals surface area contributed by atoms with Gasteiger partial charge in [-0.05, 0) is 57.3 Å². The number of hydrogen-bond acceptors (Lipinski definition) is 3. The largest absolute Gasteiger partial charge is 0.310 e. The fraction of sp³-hybridized carbons (Fsp3) is 0.692. The number of aryl methyl sites for hydroxylation is 1. The SMILES string of the molecule is Cc1ccsc1CNCC1(N(C)C)CCC1. The van der Waals surface area contributed by atoms with Crippen molar-refractivity contribution in [1.29, 1.82) is 0 Å². The van der Waals surface area contributed by atoms with E-state index in [1.54, 1.807) is 0 Å². The molecule has 1 N–H and O–H groups in total. The van der Waals surface area contributed by atoms with Crippen molar-refractivity contribution in [1.82, 2.24) is 10.2 Å². The summed E-state index contributed by atoms with van der Waals surface area (Å²) < 4.78 is 0. The molecule has 1 aliphatic rings. The van der Waals surface area contributed by atoms with Gasteiger partial charge in [0.2, 0.25) is 0 Å². The van der Waals surface area contributed by atoms with Gasteiger partial charge < -0.3 is 10.2 Å². The van der Waals surface area contributed by atoms with Crippen LogP contribution in [0.15, 0.2) is 11.4 Å². The topological polar surface area (TPSA) is 15.3 Å². The highest BCUT2D eigenvalue weighted by molar-refractivity contribution is 7.10. The number of hydrogen-bond donors (Lipinski definition) is 1. The summed E-state index contributed by atoms with van der Waals surface area (Å²) in [6.07, 6.45) is 4.07. The molecule has 0 radical (unpaired) electrons. The highest BCUT2D eigenvalue weighted by atomic mass is 32.1. The van der Waals surface area contributed by atoms with Crippen LogP contribution in [0.4, 0.5) is 0 Å². The summed E-state index contributed by atoms with van der Waals surface area (Å²) in [4.78, 5) is 3.87. The Morgan fingerprint density at radius 1 is 1.44 bits per heavy atom. The summed E-state index contributed by atoms with van der Waals surface area (Å²) >= 11 is 1.86. The van der Waals surface area contributed by atoms with Gasteiger partial charge >= 0.3 is 0 Å². The summed E-state index contributed by atoms with van der Waals surface area (Å²) in [5, 5.41) is 5.80. The van der Waals surface area contributed by atoms with Gasteiger partial charge in [-0.3, -0.25) is 0 Å². The molecule has 3 heteroatoms. The summed E-state index contributed by atoms with van der Waals surface area (Å²) in [5.74, 6) is 0. The van der Waals surface area contributed by atoms with Crippen molar-refractivity contribution in [3.63, 3.8) is 0 Å². The van der Waals surface area contributed by atoms with Crippen LogP contribution < -0.4 is 5.32 Å². The molecule has 2 rings (SSSR count). The van der Waals surface area contributed by atoms with Crippen molar-refractivity contribution in [2.75, 3.05) is 20.6 Å². The zero-order chi connectivity index (χ0) is 11.6. The van der Waals surface area contributed by atoms with Crippen molar-refractivity contribution in [2.24, 2.45) is 0 Å². The van der Waals surface area contributed by atoms with Gasteiger partial charge in [-0.1, -0.05) is 0 Å². The molecule has 90 valence electrons. The molecule has 0 amide bonds.